The Morgan fingerprint density at radius 2 is 2.17 bits per heavy atom. The molecule has 0 amide bonds. The molecule has 1 aromatic heterocycles. The average Bonchev–Trinajstić information content (AvgIpc) is 2.03. The van der Waals surface area contributed by atoms with E-state index >= 15 is 0 Å². The largest absolute Gasteiger partial charge is 0.260 e. The highest BCUT2D eigenvalue weighted by atomic mass is 35.5. The van der Waals surface area contributed by atoms with Crippen molar-refractivity contribution in [1.29, 1.82) is 0 Å². The van der Waals surface area contributed by atoms with Crippen molar-refractivity contribution >= 4 is 20.8 Å². The molecule has 1 heterocycles. The van der Waals surface area contributed by atoms with E-state index < -0.39 is 0 Å². The maximum Gasteiger partial charge on any atom is 0.0842 e. The third-order valence-corrected chi connectivity index (χ3v) is 2.93. The summed E-state index contributed by atoms with van der Waals surface area (Å²) in [6, 6.07) is 5.79. The van der Waals surface area contributed by atoms with Crippen LogP contribution in [-0.4, -0.2) is 10.1 Å². The zero-order valence-electron chi connectivity index (χ0n) is 7.29. The van der Waals surface area contributed by atoms with Crippen LogP contribution in [0.3, 0.4) is 0 Å². The van der Waals surface area contributed by atoms with Crippen molar-refractivity contribution in [3.8, 4) is 0 Å². The summed E-state index contributed by atoms with van der Waals surface area (Å²) in [5.74, 6) is 0. The maximum atomic E-state index is 6.20. The summed E-state index contributed by atoms with van der Waals surface area (Å²) in [6.45, 7) is 4.15. The highest BCUT2D eigenvalue weighted by Gasteiger charge is 2.24. The Morgan fingerprint density at radius 3 is 2.58 bits per heavy atom. The van der Waals surface area contributed by atoms with Crippen LogP contribution in [0, 0.1) is 0 Å². The van der Waals surface area contributed by atoms with Crippen LogP contribution < -0.4 is 0 Å². The number of hydrogen-bond acceptors (Lipinski definition) is 1. The zero-order chi connectivity index (χ0) is 9.19. The van der Waals surface area contributed by atoms with Gasteiger partial charge in [-0.1, -0.05) is 19.9 Å². The molecular weight excluding hydrogens is 189 g/mol. The van der Waals surface area contributed by atoms with Gasteiger partial charge in [0.15, 0.2) is 0 Å². The molecule has 0 radical (unpaired) electrons. The van der Waals surface area contributed by atoms with E-state index in [1.165, 1.54) is 0 Å². The van der Waals surface area contributed by atoms with Gasteiger partial charge in [-0.2, -0.15) is 0 Å². The summed E-state index contributed by atoms with van der Waals surface area (Å²) >= 11 is 6.20. The van der Waals surface area contributed by atoms with Crippen molar-refractivity contribution in [2.24, 2.45) is 0 Å². The van der Waals surface area contributed by atoms with Gasteiger partial charge in [-0.15, -0.1) is 20.8 Å². The SMILES string of the molecule is CC(C)(P)C(Cl)c1ccccn1. The number of aromatic nitrogens is 1. The molecule has 1 aromatic rings. The van der Waals surface area contributed by atoms with E-state index in [-0.39, 0.29) is 10.5 Å². The van der Waals surface area contributed by atoms with Crippen molar-refractivity contribution in [2.45, 2.75) is 24.4 Å². The summed E-state index contributed by atoms with van der Waals surface area (Å²) in [5, 5.41) is -0.0701. The first-order chi connectivity index (χ1) is 5.52. The van der Waals surface area contributed by atoms with Crippen LogP contribution in [0.25, 0.3) is 0 Å². The van der Waals surface area contributed by atoms with Gasteiger partial charge in [-0.05, 0) is 12.1 Å². The Labute approximate surface area is 80.7 Å². The predicted octanol–water partition coefficient (Wildman–Crippen LogP) is 3.02. The molecule has 0 spiro atoms. The molecule has 3 heteroatoms. The lowest BCUT2D eigenvalue weighted by Gasteiger charge is -2.24. The van der Waals surface area contributed by atoms with Gasteiger partial charge in [0, 0.05) is 11.4 Å². The second kappa shape index (κ2) is 3.72. The van der Waals surface area contributed by atoms with Gasteiger partial charge in [0.1, 0.15) is 0 Å². The Bertz CT molecular complexity index is 242. The highest BCUT2D eigenvalue weighted by Crippen LogP contribution is 2.37. The molecule has 0 saturated heterocycles. The summed E-state index contributed by atoms with van der Waals surface area (Å²) in [6.07, 6.45) is 1.76. The predicted molar refractivity (Wildman–Crippen MR) is 56.6 cm³/mol. The highest BCUT2D eigenvalue weighted by molar-refractivity contribution is 7.19. The zero-order valence-corrected chi connectivity index (χ0v) is 9.20. The molecule has 2 unspecified atom stereocenters. The number of halogens is 1. The monoisotopic (exact) mass is 201 g/mol. The molecule has 1 rings (SSSR count). The van der Waals surface area contributed by atoms with Crippen LogP contribution in [0.15, 0.2) is 24.4 Å². The molecule has 0 aliphatic carbocycles. The Morgan fingerprint density at radius 1 is 1.50 bits per heavy atom. The summed E-state index contributed by atoms with van der Waals surface area (Å²) in [7, 11) is 2.73. The fraction of sp³-hybridized carbons (Fsp3) is 0.444. The first-order valence-corrected chi connectivity index (χ1v) is 4.87. The fourth-order valence-electron chi connectivity index (χ4n) is 0.907. The van der Waals surface area contributed by atoms with Crippen LogP contribution in [0.5, 0.6) is 0 Å². The van der Waals surface area contributed by atoms with Gasteiger partial charge in [0.2, 0.25) is 0 Å². The molecule has 2 atom stereocenters. The first-order valence-electron chi connectivity index (χ1n) is 3.85. The molecule has 0 aliphatic heterocycles. The van der Waals surface area contributed by atoms with E-state index in [0.717, 1.165) is 5.69 Å². The minimum Gasteiger partial charge on any atom is -0.260 e. The van der Waals surface area contributed by atoms with Crippen LogP contribution in [0.1, 0.15) is 24.9 Å². The number of rotatable bonds is 2. The quantitative estimate of drug-likeness (QED) is 0.530. The van der Waals surface area contributed by atoms with Crippen LogP contribution in [0.2, 0.25) is 0 Å². The molecule has 66 valence electrons. The average molecular weight is 202 g/mol. The fourth-order valence-corrected chi connectivity index (χ4v) is 1.21. The maximum absolute atomic E-state index is 6.20. The second-order valence-electron chi connectivity index (χ2n) is 3.44. The van der Waals surface area contributed by atoms with Gasteiger partial charge in [0.05, 0.1) is 11.1 Å². The molecule has 0 saturated carbocycles. The molecule has 0 bridgehead atoms. The van der Waals surface area contributed by atoms with Crippen LogP contribution in [-0.2, 0) is 0 Å². The van der Waals surface area contributed by atoms with Crippen molar-refractivity contribution < 1.29 is 0 Å². The van der Waals surface area contributed by atoms with E-state index in [2.05, 4.69) is 28.1 Å². The molecule has 0 N–H and O–H groups in total. The second-order valence-corrected chi connectivity index (χ2v) is 5.36. The number of nitrogens with zero attached hydrogens (tertiary/aromatic N) is 1. The van der Waals surface area contributed by atoms with E-state index in [1.54, 1.807) is 6.20 Å². The van der Waals surface area contributed by atoms with E-state index in [1.807, 2.05) is 18.2 Å². The third kappa shape index (κ3) is 2.43. The number of pyridine rings is 1. The van der Waals surface area contributed by atoms with Gasteiger partial charge < -0.3 is 0 Å². The van der Waals surface area contributed by atoms with Crippen molar-refractivity contribution in [1.82, 2.24) is 4.98 Å². The van der Waals surface area contributed by atoms with Crippen LogP contribution in [0.4, 0.5) is 0 Å². The van der Waals surface area contributed by atoms with Crippen molar-refractivity contribution in [2.75, 3.05) is 0 Å². The Balaban J connectivity index is 2.86. The lowest BCUT2D eigenvalue weighted by Crippen LogP contribution is -2.17. The topological polar surface area (TPSA) is 12.9 Å². The Kier molecular flexibility index (Phi) is 3.09. The Hall–Kier alpha value is -0.130. The van der Waals surface area contributed by atoms with E-state index in [9.17, 15) is 0 Å². The number of hydrogen-bond donors (Lipinski definition) is 0. The van der Waals surface area contributed by atoms with Gasteiger partial charge in [-0.25, -0.2) is 0 Å². The molecule has 0 aromatic carbocycles. The minimum absolute atomic E-state index is 0.0179. The molecule has 1 nitrogen and oxygen atoms in total. The van der Waals surface area contributed by atoms with Gasteiger partial charge in [-0.3, -0.25) is 4.98 Å². The standard InChI is InChI=1S/C9H13ClNP/c1-9(2,12)8(10)7-5-3-4-6-11-7/h3-6,8H,12H2,1-2H3. The summed E-state index contributed by atoms with van der Waals surface area (Å²) < 4.78 is 0. The lowest BCUT2D eigenvalue weighted by atomic mass is 10.1. The smallest absolute Gasteiger partial charge is 0.0842 e. The molecular formula is C9H13ClNP. The third-order valence-electron chi connectivity index (χ3n) is 1.60. The molecule has 0 aliphatic rings. The van der Waals surface area contributed by atoms with Gasteiger partial charge in [0.25, 0.3) is 0 Å². The van der Waals surface area contributed by atoms with Crippen molar-refractivity contribution in [3.63, 3.8) is 0 Å². The van der Waals surface area contributed by atoms with Crippen molar-refractivity contribution in [3.05, 3.63) is 30.1 Å². The van der Waals surface area contributed by atoms with E-state index in [4.69, 9.17) is 11.6 Å². The van der Waals surface area contributed by atoms with Crippen LogP contribution >= 0.6 is 20.8 Å². The normalized spacial score (nSPS) is 14.3. The number of alkyl halides is 1. The first kappa shape index (κ1) is 9.95. The molecule has 12 heavy (non-hydrogen) atoms. The van der Waals surface area contributed by atoms with E-state index in [0.29, 0.717) is 0 Å². The van der Waals surface area contributed by atoms with Gasteiger partial charge >= 0.3 is 0 Å². The minimum atomic E-state index is -0.0521. The molecule has 0 fully saturated rings. The summed E-state index contributed by atoms with van der Waals surface area (Å²) in [4.78, 5) is 4.20. The summed E-state index contributed by atoms with van der Waals surface area (Å²) in [5.41, 5.74) is 0.930. The lowest BCUT2D eigenvalue weighted by molar-refractivity contribution is 0.668.